The summed E-state index contributed by atoms with van der Waals surface area (Å²) in [6.07, 6.45) is 2.19. The van der Waals surface area contributed by atoms with Crippen LogP contribution in [-0.4, -0.2) is 43.6 Å². The van der Waals surface area contributed by atoms with Gasteiger partial charge in [-0.15, -0.1) is 0 Å². The number of rotatable bonds is 4. The van der Waals surface area contributed by atoms with Crippen molar-refractivity contribution >= 4 is 21.8 Å². The van der Waals surface area contributed by atoms with Crippen LogP contribution < -0.4 is 4.72 Å². The normalized spacial score (nSPS) is 17.8. The fraction of sp³-hybridized carbons (Fsp3) is 0.611. The van der Waals surface area contributed by atoms with Gasteiger partial charge in [-0.1, -0.05) is 17.7 Å². The Morgan fingerprint density at radius 2 is 1.68 bits per heavy atom. The lowest BCUT2D eigenvalue weighted by atomic mass is 10.1. The van der Waals surface area contributed by atoms with Gasteiger partial charge < -0.3 is 4.74 Å². The molecule has 140 valence electrons. The van der Waals surface area contributed by atoms with Crippen molar-refractivity contribution in [2.75, 3.05) is 23.7 Å². The summed E-state index contributed by atoms with van der Waals surface area (Å²) in [5, 5.41) is 0. The van der Waals surface area contributed by atoms with E-state index in [2.05, 4.69) is 4.72 Å². The highest BCUT2D eigenvalue weighted by Gasteiger charge is 2.45. The number of sulfonamides is 1. The summed E-state index contributed by atoms with van der Waals surface area (Å²) in [4.78, 5) is 12.8. The van der Waals surface area contributed by atoms with E-state index in [4.69, 9.17) is 4.74 Å². The summed E-state index contributed by atoms with van der Waals surface area (Å²) in [6.45, 7) is 8.31. The molecule has 7 heteroatoms. The molecule has 25 heavy (non-hydrogen) atoms. The van der Waals surface area contributed by atoms with E-state index < -0.39 is 21.7 Å². The Morgan fingerprint density at radius 1 is 1.12 bits per heavy atom. The van der Waals surface area contributed by atoms with Crippen LogP contribution in [0, 0.1) is 6.92 Å². The molecule has 1 fully saturated rings. The van der Waals surface area contributed by atoms with Crippen molar-refractivity contribution < 1.29 is 22.4 Å². The van der Waals surface area contributed by atoms with Crippen LogP contribution in [-0.2, 0) is 14.8 Å². The van der Waals surface area contributed by atoms with Crippen LogP contribution in [0.15, 0.2) is 24.3 Å². The number of piperidine rings is 1. The molecular formula is C18H29N2O4S+. The van der Waals surface area contributed by atoms with Gasteiger partial charge in [-0.2, -0.15) is 4.79 Å². The SMILES string of the molecule is Cc1ccc(NS(=O)(=O)C[N+]2(C(=O)OC(C)(C)C)CCCCC2)cc1. The zero-order valence-electron chi connectivity index (χ0n) is 15.5. The predicted molar refractivity (Wildman–Crippen MR) is 98.7 cm³/mol. The second kappa shape index (κ2) is 7.33. The molecule has 0 unspecified atom stereocenters. The lowest BCUT2D eigenvalue weighted by Gasteiger charge is -2.38. The number of hydrogen-bond donors (Lipinski definition) is 1. The van der Waals surface area contributed by atoms with E-state index in [-0.39, 0.29) is 10.4 Å². The average molecular weight is 370 g/mol. The number of quaternary nitrogens is 1. The maximum absolute atomic E-state index is 12.8. The van der Waals surface area contributed by atoms with Gasteiger partial charge >= 0.3 is 6.09 Å². The van der Waals surface area contributed by atoms with Gasteiger partial charge in [-0.05, 0) is 59.1 Å². The first-order chi connectivity index (χ1) is 11.5. The number of nitrogens with one attached hydrogen (secondary N) is 1. The molecule has 1 N–H and O–H groups in total. The Bertz CT molecular complexity index is 700. The maximum atomic E-state index is 12.8. The van der Waals surface area contributed by atoms with Crippen LogP contribution in [0.1, 0.15) is 45.6 Å². The number of ether oxygens (including phenoxy) is 1. The summed E-state index contributed by atoms with van der Waals surface area (Å²) in [7, 11) is -3.68. The fourth-order valence-electron chi connectivity index (χ4n) is 3.00. The molecule has 1 heterocycles. The summed E-state index contributed by atoms with van der Waals surface area (Å²) in [6, 6.07) is 7.13. The van der Waals surface area contributed by atoms with Crippen LogP contribution in [0.3, 0.4) is 0 Å². The third-order valence-corrected chi connectivity index (χ3v) is 5.58. The van der Waals surface area contributed by atoms with Crippen molar-refractivity contribution in [1.82, 2.24) is 0 Å². The maximum Gasteiger partial charge on any atom is 0.517 e. The van der Waals surface area contributed by atoms with E-state index >= 15 is 0 Å². The average Bonchev–Trinajstić information content (AvgIpc) is 2.48. The second-order valence-corrected chi connectivity index (χ2v) is 9.54. The lowest BCUT2D eigenvalue weighted by Crippen LogP contribution is -2.59. The standard InChI is InChI=1S/C18H29N2O4S/c1-15-8-10-16(11-9-15)19-25(22,23)14-20(12-6-5-7-13-20)17(21)24-18(2,3)4/h8-11,19H,5-7,12-14H2,1-4H3/q+1. The van der Waals surface area contributed by atoms with Crippen LogP contribution in [0.5, 0.6) is 0 Å². The summed E-state index contributed by atoms with van der Waals surface area (Å²) < 4.78 is 33.3. The minimum Gasteiger partial charge on any atom is -0.414 e. The minimum atomic E-state index is -3.68. The first kappa shape index (κ1) is 19.7. The number of aryl methyl sites for hydroxylation is 1. The molecule has 0 spiro atoms. The number of carbonyl (C=O) groups excluding carboxylic acids is 1. The van der Waals surface area contributed by atoms with Gasteiger partial charge in [0, 0.05) is 5.69 Å². The van der Waals surface area contributed by atoms with Crippen LogP contribution in [0.25, 0.3) is 0 Å². The first-order valence-electron chi connectivity index (χ1n) is 8.68. The van der Waals surface area contributed by atoms with Crippen molar-refractivity contribution in [1.29, 1.82) is 0 Å². The molecule has 6 nitrogen and oxygen atoms in total. The van der Waals surface area contributed by atoms with Gasteiger partial charge in [0.2, 0.25) is 5.88 Å². The number of benzene rings is 1. The number of amides is 1. The highest BCUT2D eigenvalue weighted by Crippen LogP contribution is 2.25. The molecule has 1 amide bonds. The summed E-state index contributed by atoms with van der Waals surface area (Å²) in [5.41, 5.74) is 0.912. The van der Waals surface area contributed by atoms with Crippen molar-refractivity contribution in [3.63, 3.8) is 0 Å². The van der Waals surface area contributed by atoms with Gasteiger partial charge in [0.05, 0.1) is 13.1 Å². The van der Waals surface area contributed by atoms with Gasteiger partial charge in [-0.3, -0.25) is 4.72 Å². The number of nitrogens with zero attached hydrogens (tertiary/aromatic N) is 1. The summed E-state index contributed by atoms with van der Waals surface area (Å²) in [5.74, 6) is -0.296. The van der Waals surface area contributed by atoms with Crippen LogP contribution in [0.2, 0.25) is 0 Å². The molecule has 1 aromatic rings. The first-order valence-corrected chi connectivity index (χ1v) is 10.3. The van der Waals surface area contributed by atoms with Crippen molar-refractivity contribution in [3.05, 3.63) is 29.8 Å². The van der Waals surface area contributed by atoms with Gasteiger partial charge in [0.15, 0.2) is 0 Å². The number of hydrogen-bond acceptors (Lipinski definition) is 4. The second-order valence-electron chi connectivity index (χ2n) is 7.85. The fourth-order valence-corrected chi connectivity index (χ4v) is 4.57. The molecular weight excluding hydrogens is 340 g/mol. The Kier molecular flexibility index (Phi) is 5.79. The Morgan fingerprint density at radius 3 is 2.20 bits per heavy atom. The smallest absolute Gasteiger partial charge is 0.414 e. The Hall–Kier alpha value is -1.60. The van der Waals surface area contributed by atoms with E-state index in [0.717, 1.165) is 24.8 Å². The lowest BCUT2D eigenvalue weighted by molar-refractivity contribution is -0.851. The molecule has 2 rings (SSSR count). The molecule has 1 saturated heterocycles. The molecule has 0 radical (unpaired) electrons. The number of likely N-dealkylation sites (tertiary alicyclic amines) is 1. The third-order valence-electron chi connectivity index (χ3n) is 4.20. The van der Waals surface area contributed by atoms with E-state index in [1.54, 1.807) is 32.9 Å². The van der Waals surface area contributed by atoms with Gasteiger partial charge in [-0.25, -0.2) is 12.9 Å². The molecule has 0 aliphatic carbocycles. The predicted octanol–water partition coefficient (Wildman–Crippen LogP) is 3.63. The zero-order chi connectivity index (χ0) is 18.7. The molecule has 0 bridgehead atoms. The quantitative estimate of drug-likeness (QED) is 0.823. The molecule has 1 aliphatic rings. The molecule has 0 aromatic heterocycles. The van der Waals surface area contributed by atoms with Gasteiger partial charge in [0.25, 0.3) is 10.0 Å². The van der Waals surface area contributed by atoms with Crippen molar-refractivity contribution in [2.45, 2.75) is 52.6 Å². The molecule has 1 aliphatic heterocycles. The highest BCUT2D eigenvalue weighted by molar-refractivity contribution is 7.92. The van der Waals surface area contributed by atoms with Crippen molar-refractivity contribution in [2.24, 2.45) is 0 Å². The van der Waals surface area contributed by atoms with E-state index in [0.29, 0.717) is 18.8 Å². The van der Waals surface area contributed by atoms with Crippen molar-refractivity contribution in [3.8, 4) is 0 Å². The van der Waals surface area contributed by atoms with E-state index in [1.165, 1.54) is 0 Å². The number of anilines is 1. The summed E-state index contributed by atoms with van der Waals surface area (Å²) >= 11 is 0. The van der Waals surface area contributed by atoms with Gasteiger partial charge in [0.1, 0.15) is 5.60 Å². The van der Waals surface area contributed by atoms with Crippen LogP contribution >= 0.6 is 0 Å². The molecule has 0 saturated carbocycles. The van der Waals surface area contributed by atoms with E-state index in [1.807, 2.05) is 19.1 Å². The topological polar surface area (TPSA) is 72.5 Å². The number of carbonyl (C=O) groups is 1. The van der Waals surface area contributed by atoms with E-state index in [9.17, 15) is 13.2 Å². The molecule has 0 atom stereocenters. The molecule has 1 aromatic carbocycles. The monoisotopic (exact) mass is 369 g/mol. The highest BCUT2D eigenvalue weighted by atomic mass is 32.2. The minimum absolute atomic E-state index is 0.168. The van der Waals surface area contributed by atoms with Crippen LogP contribution in [0.4, 0.5) is 10.5 Å². The largest absolute Gasteiger partial charge is 0.517 e. The third kappa shape index (κ3) is 5.71. The Balaban J connectivity index is 2.20. The zero-order valence-corrected chi connectivity index (χ0v) is 16.4. The Labute approximate surface area is 150 Å².